The van der Waals surface area contributed by atoms with Crippen LogP contribution in [0.5, 0.6) is 0 Å². The highest BCUT2D eigenvalue weighted by Crippen LogP contribution is 2.50. The number of rotatable bonds is 4. The van der Waals surface area contributed by atoms with Crippen LogP contribution in [0.25, 0.3) is 0 Å². The Hall–Kier alpha value is -1.86. The lowest BCUT2D eigenvalue weighted by Crippen LogP contribution is -2.50. The number of nitriles is 1. The van der Waals surface area contributed by atoms with Gasteiger partial charge in [0, 0.05) is 12.3 Å². The van der Waals surface area contributed by atoms with Crippen LogP contribution in [0.2, 0.25) is 0 Å². The smallest absolute Gasteiger partial charge is 0.223 e. The lowest BCUT2D eigenvalue weighted by molar-refractivity contribution is -0.155. The largest absolute Gasteiger partial charge is 0.368 e. The number of nitrogens with zero attached hydrogens (tertiary/aromatic N) is 1. The van der Waals surface area contributed by atoms with E-state index in [2.05, 4.69) is 32.2 Å². The van der Waals surface area contributed by atoms with E-state index in [1.807, 2.05) is 18.2 Å². The standard InChI is InChI=1S/C19H24N2O2/c1-18(2,3)16-10-15(16)17(22)21-12-19(7-8-23-19)14-6-4-5-13(9-14)11-20/h4-6,9,15-16H,7-8,10,12H2,1-3H3,(H,21,22)/t15?,16?,19-/m1/s1. The Labute approximate surface area is 137 Å². The van der Waals surface area contributed by atoms with Crippen LogP contribution in [0, 0.1) is 28.6 Å². The van der Waals surface area contributed by atoms with Gasteiger partial charge in [-0.2, -0.15) is 5.26 Å². The summed E-state index contributed by atoms with van der Waals surface area (Å²) in [6.07, 6.45) is 1.85. The van der Waals surface area contributed by atoms with Gasteiger partial charge in [-0.3, -0.25) is 4.79 Å². The van der Waals surface area contributed by atoms with Gasteiger partial charge in [-0.1, -0.05) is 32.9 Å². The van der Waals surface area contributed by atoms with Crippen LogP contribution in [0.1, 0.15) is 44.7 Å². The maximum absolute atomic E-state index is 12.4. The van der Waals surface area contributed by atoms with Crippen molar-refractivity contribution in [2.45, 2.75) is 39.2 Å². The number of carbonyl (C=O) groups excluding carboxylic acids is 1. The van der Waals surface area contributed by atoms with Gasteiger partial charge >= 0.3 is 0 Å². The Morgan fingerprint density at radius 3 is 2.74 bits per heavy atom. The van der Waals surface area contributed by atoms with Crippen LogP contribution in [0.4, 0.5) is 0 Å². The van der Waals surface area contributed by atoms with Crippen molar-refractivity contribution >= 4 is 5.91 Å². The zero-order chi connectivity index (χ0) is 16.7. The fourth-order valence-electron chi connectivity index (χ4n) is 3.49. The Bertz CT molecular complexity index is 650. The summed E-state index contributed by atoms with van der Waals surface area (Å²) in [5.74, 6) is 0.747. The molecule has 4 heteroatoms. The molecule has 2 aliphatic rings. The summed E-state index contributed by atoms with van der Waals surface area (Å²) in [5.41, 5.74) is 1.33. The first-order valence-electron chi connectivity index (χ1n) is 8.28. The van der Waals surface area contributed by atoms with E-state index in [0.29, 0.717) is 24.6 Å². The van der Waals surface area contributed by atoms with Crippen molar-refractivity contribution in [2.24, 2.45) is 17.3 Å². The van der Waals surface area contributed by atoms with Gasteiger partial charge in [-0.15, -0.1) is 0 Å². The molecule has 3 rings (SSSR count). The molecule has 23 heavy (non-hydrogen) atoms. The molecule has 1 aromatic carbocycles. The summed E-state index contributed by atoms with van der Waals surface area (Å²) in [5, 5.41) is 12.1. The molecule has 122 valence electrons. The molecule has 2 unspecified atom stereocenters. The van der Waals surface area contributed by atoms with Gasteiger partial charge in [0.25, 0.3) is 0 Å². The van der Waals surface area contributed by atoms with E-state index < -0.39 is 5.60 Å². The first-order valence-corrected chi connectivity index (χ1v) is 8.28. The fourth-order valence-corrected chi connectivity index (χ4v) is 3.49. The minimum atomic E-state index is -0.464. The van der Waals surface area contributed by atoms with Crippen LogP contribution >= 0.6 is 0 Å². The summed E-state index contributed by atoms with van der Waals surface area (Å²) >= 11 is 0. The summed E-state index contributed by atoms with van der Waals surface area (Å²) in [6, 6.07) is 9.65. The minimum Gasteiger partial charge on any atom is -0.368 e. The van der Waals surface area contributed by atoms with E-state index in [9.17, 15) is 4.79 Å². The van der Waals surface area contributed by atoms with Crippen molar-refractivity contribution in [3.05, 3.63) is 35.4 Å². The van der Waals surface area contributed by atoms with Crippen molar-refractivity contribution in [3.8, 4) is 6.07 Å². The summed E-state index contributed by atoms with van der Waals surface area (Å²) in [4.78, 5) is 12.4. The molecule has 1 aliphatic carbocycles. The lowest BCUT2D eigenvalue weighted by Gasteiger charge is -2.42. The van der Waals surface area contributed by atoms with Crippen molar-refractivity contribution < 1.29 is 9.53 Å². The van der Waals surface area contributed by atoms with Crippen LogP contribution in [0.3, 0.4) is 0 Å². The predicted octanol–water partition coefficient (Wildman–Crippen LogP) is 2.97. The van der Waals surface area contributed by atoms with Gasteiger partial charge in [0.05, 0.1) is 24.8 Å². The van der Waals surface area contributed by atoms with E-state index in [4.69, 9.17) is 10.00 Å². The summed E-state index contributed by atoms with van der Waals surface area (Å²) < 4.78 is 5.82. The molecule has 3 atom stereocenters. The average Bonchev–Trinajstić information content (AvgIpc) is 3.26. The van der Waals surface area contributed by atoms with Crippen LogP contribution in [-0.2, 0) is 15.1 Å². The second-order valence-corrected chi connectivity index (χ2v) is 7.82. The van der Waals surface area contributed by atoms with Crippen molar-refractivity contribution in [1.82, 2.24) is 5.32 Å². The maximum atomic E-state index is 12.4. The zero-order valence-electron chi connectivity index (χ0n) is 14.1. The quantitative estimate of drug-likeness (QED) is 0.929. The number of benzene rings is 1. The molecule has 0 radical (unpaired) electrons. The fraction of sp³-hybridized carbons (Fsp3) is 0.579. The molecule has 1 aromatic rings. The highest BCUT2D eigenvalue weighted by atomic mass is 16.5. The molecule has 1 heterocycles. The van der Waals surface area contributed by atoms with Gasteiger partial charge in [-0.05, 0) is 35.4 Å². The van der Waals surface area contributed by atoms with Gasteiger partial charge in [-0.25, -0.2) is 0 Å². The zero-order valence-corrected chi connectivity index (χ0v) is 14.1. The van der Waals surface area contributed by atoms with E-state index in [0.717, 1.165) is 18.4 Å². The number of amides is 1. The Kier molecular flexibility index (Phi) is 3.93. The van der Waals surface area contributed by atoms with Gasteiger partial charge in [0.15, 0.2) is 0 Å². The maximum Gasteiger partial charge on any atom is 0.223 e. The van der Waals surface area contributed by atoms with Gasteiger partial charge in [0.1, 0.15) is 5.60 Å². The highest BCUT2D eigenvalue weighted by Gasteiger charge is 2.50. The van der Waals surface area contributed by atoms with Gasteiger partial charge < -0.3 is 10.1 Å². The second kappa shape index (κ2) is 5.65. The third-order valence-electron chi connectivity index (χ3n) is 5.19. The molecular formula is C19H24N2O2. The predicted molar refractivity (Wildman–Crippen MR) is 87.5 cm³/mol. The van der Waals surface area contributed by atoms with E-state index in [1.54, 1.807) is 6.07 Å². The van der Waals surface area contributed by atoms with Crippen LogP contribution in [0.15, 0.2) is 24.3 Å². The summed E-state index contributed by atoms with van der Waals surface area (Å²) in [7, 11) is 0. The number of nitrogens with one attached hydrogen (secondary N) is 1. The Morgan fingerprint density at radius 2 is 2.22 bits per heavy atom. The first-order chi connectivity index (χ1) is 10.9. The highest BCUT2D eigenvalue weighted by molar-refractivity contribution is 5.81. The third kappa shape index (κ3) is 3.11. The first kappa shape index (κ1) is 16.0. The molecule has 1 aliphatic heterocycles. The van der Waals surface area contributed by atoms with Gasteiger partial charge in [0.2, 0.25) is 5.91 Å². The third-order valence-corrected chi connectivity index (χ3v) is 5.19. The number of hydrogen-bond acceptors (Lipinski definition) is 3. The van der Waals surface area contributed by atoms with Crippen molar-refractivity contribution in [2.75, 3.05) is 13.2 Å². The molecule has 0 spiro atoms. The molecule has 2 fully saturated rings. The molecule has 1 N–H and O–H groups in total. The Balaban J connectivity index is 1.64. The van der Waals surface area contributed by atoms with Crippen molar-refractivity contribution in [3.63, 3.8) is 0 Å². The number of hydrogen-bond donors (Lipinski definition) is 1. The van der Waals surface area contributed by atoms with E-state index >= 15 is 0 Å². The minimum absolute atomic E-state index is 0.135. The molecule has 4 nitrogen and oxygen atoms in total. The monoisotopic (exact) mass is 312 g/mol. The van der Waals surface area contributed by atoms with E-state index in [-0.39, 0.29) is 17.2 Å². The molecule has 0 aromatic heterocycles. The van der Waals surface area contributed by atoms with Crippen molar-refractivity contribution in [1.29, 1.82) is 5.26 Å². The molecule has 1 amide bonds. The molecular weight excluding hydrogens is 288 g/mol. The average molecular weight is 312 g/mol. The topological polar surface area (TPSA) is 62.1 Å². The second-order valence-electron chi connectivity index (χ2n) is 7.82. The van der Waals surface area contributed by atoms with Crippen LogP contribution in [-0.4, -0.2) is 19.1 Å². The molecule has 0 bridgehead atoms. The number of ether oxygens (including phenoxy) is 1. The summed E-state index contributed by atoms with van der Waals surface area (Å²) in [6.45, 7) is 7.74. The lowest BCUT2D eigenvalue weighted by atomic mass is 9.85. The Morgan fingerprint density at radius 1 is 1.48 bits per heavy atom. The van der Waals surface area contributed by atoms with Crippen LogP contribution < -0.4 is 5.32 Å². The number of carbonyl (C=O) groups is 1. The normalized spacial score (nSPS) is 29.3. The molecule has 1 saturated carbocycles. The molecule has 1 saturated heterocycles. The van der Waals surface area contributed by atoms with E-state index in [1.165, 1.54) is 0 Å². The SMILES string of the molecule is CC(C)(C)C1CC1C(=O)NC[C@@]1(c2cccc(C#N)c2)CCO1.